The summed E-state index contributed by atoms with van der Waals surface area (Å²) in [5.41, 5.74) is 6.74. The lowest BCUT2D eigenvalue weighted by Gasteiger charge is -2.20. The lowest BCUT2D eigenvalue weighted by atomic mass is 9.96. The molecule has 0 bridgehead atoms. The van der Waals surface area contributed by atoms with Crippen LogP contribution < -0.4 is 5.73 Å². The van der Waals surface area contributed by atoms with Crippen molar-refractivity contribution in [2.24, 2.45) is 5.73 Å². The monoisotopic (exact) mass is 317 g/mol. The van der Waals surface area contributed by atoms with E-state index in [0.717, 1.165) is 5.56 Å². The van der Waals surface area contributed by atoms with Crippen LogP contribution >= 0.6 is 23.5 Å². The van der Waals surface area contributed by atoms with Crippen molar-refractivity contribution in [3.8, 4) is 0 Å². The van der Waals surface area contributed by atoms with Crippen molar-refractivity contribution in [2.45, 2.75) is 31.9 Å². The van der Waals surface area contributed by atoms with Crippen molar-refractivity contribution in [2.75, 3.05) is 6.54 Å². The van der Waals surface area contributed by atoms with Crippen molar-refractivity contribution < 1.29 is 9.90 Å². The first kappa shape index (κ1) is 14.5. The molecule has 21 heavy (non-hydrogen) atoms. The van der Waals surface area contributed by atoms with Crippen molar-refractivity contribution in [3.63, 3.8) is 0 Å². The van der Waals surface area contributed by atoms with Gasteiger partial charge in [-0.3, -0.25) is 4.79 Å². The molecule has 0 aliphatic carbocycles. The number of nitrogens with two attached hydrogens (primary N) is 1. The van der Waals surface area contributed by atoms with Gasteiger partial charge in [-0.25, -0.2) is 0 Å². The lowest BCUT2D eigenvalue weighted by molar-refractivity contribution is -0.137. The summed E-state index contributed by atoms with van der Waals surface area (Å²) >= 11 is 3.49. The highest BCUT2D eigenvalue weighted by molar-refractivity contribution is 8.05. The summed E-state index contributed by atoms with van der Waals surface area (Å²) < 4.78 is 0. The average Bonchev–Trinajstić information content (AvgIpc) is 2.49. The molecule has 1 aliphatic heterocycles. The summed E-state index contributed by atoms with van der Waals surface area (Å²) in [6.45, 7) is 0.347. The Kier molecular flexibility index (Phi) is 4.24. The molecule has 3 nitrogen and oxygen atoms in total. The maximum atomic E-state index is 10.9. The van der Waals surface area contributed by atoms with Gasteiger partial charge in [0.1, 0.15) is 0 Å². The van der Waals surface area contributed by atoms with Crippen molar-refractivity contribution in [3.05, 3.63) is 48.0 Å². The van der Waals surface area contributed by atoms with Crippen molar-refractivity contribution in [1.82, 2.24) is 0 Å². The summed E-state index contributed by atoms with van der Waals surface area (Å²) in [7, 11) is 0. The maximum absolute atomic E-state index is 10.9. The molecular formula is C16H15NO2S2. The molecule has 0 fully saturated rings. The molecular weight excluding hydrogens is 302 g/mol. The summed E-state index contributed by atoms with van der Waals surface area (Å²) in [6, 6.07) is 14.5. The second-order valence-corrected chi connectivity index (χ2v) is 7.06. The Morgan fingerprint density at radius 2 is 1.67 bits per heavy atom. The molecule has 1 aliphatic rings. The quantitative estimate of drug-likeness (QED) is 0.766. The van der Waals surface area contributed by atoms with Gasteiger partial charge in [-0.1, -0.05) is 41.7 Å². The van der Waals surface area contributed by atoms with E-state index in [1.807, 2.05) is 18.2 Å². The van der Waals surface area contributed by atoms with Crippen LogP contribution in [0.15, 0.2) is 62.0 Å². The second-order valence-electron chi connectivity index (χ2n) is 4.89. The third-order valence-electron chi connectivity index (χ3n) is 3.43. The predicted molar refractivity (Wildman–Crippen MR) is 85.2 cm³/mol. The average molecular weight is 317 g/mol. The summed E-state index contributed by atoms with van der Waals surface area (Å²) in [5.74, 6) is -0.939. The Hall–Kier alpha value is -1.43. The van der Waals surface area contributed by atoms with Gasteiger partial charge in [-0.15, -0.1) is 0 Å². The first-order valence-electron chi connectivity index (χ1n) is 6.68. The fourth-order valence-corrected chi connectivity index (χ4v) is 4.61. The van der Waals surface area contributed by atoms with Crippen LogP contribution in [0.3, 0.4) is 0 Å². The number of hydrogen-bond donors (Lipinski definition) is 2. The van der Waals surface area contributed by atoms with Gasteiger partial charge in [0.15, 0.2) is 0 Å². The van der Waals surface area contributed by atoms with E-state index in [4.69, 9.17) is 10.8 Å². The minimum atomic E-state index is -0.810. The van der Waals surface area contributed by atoms with E-state index in [9.17, 15) is 4.79 Å². The third kappa shape index (κ3) is 3.10. The molecule has 2 aromatic rings. The van der Waals surface area contributed by atoms with Crippen LogP contribution in [-0.4, -0.2) is 17.6 Å². The number of fused-ring (bicyclic) bond motifs is 2. The van der Waals surface area contributed by atoms with Crippen LogP contribution in [0.25, 0.3) is 0 Å². The zero-order valence-electron chi connectivity index (χ0n) is 11.3. The molecule has 0 radical (unpaired) electrons. The first-order valence-corrected chi connectivity index (χ1v) is 8.31. The van der Waals surface area contributed by atoms with Crippen molar-refractivity contribution >= 4 is 29.5 Å². The number of rotatable bonds is 4. The molecule has 3 N–H and O–H groups in total. The van der Waals surface area contributed by atoms with Gasteiger partial charge in [0.2, 0.25) is 0 Å². The topological polar surface area (TPSA) is 63.3 Å². The molecule has 1 heterocycles. The minimum absolute atomic E-state index is 0.0731. The normalized spacial score (nSPS) is 14.1. The van der Waals surface area contributed by atoms with E-state index in [1.165, 1.54) is 19.6 Å². The van der Waals surface area contributed by atoms with Crippen LogP contribution in [-0.2, 0) is 4.79 Å². The molecule has 1 unspecified atom stereocenters. The molecule has 1 atom stereocenters. The first-order chi connectivity index (χ1) is 10.2. The highest BCUT2D eigenvalue weighted by atomic mass is 32.2. The summed E-state index contributed by atoms with van der Waals surface area (Å²) in [6.07, 6.45) is 0.0731. The van der Waals surface area contributed by atoms with Gasteiger partial charge in [0.05, 0.1) is 6.42 Å². The SMILES string of the molecule is NCC(CC(=O)O)c1ccc2c(c1)Sc1ccccc1S2. The maximum Gasteiger partial charge on any atom is 0.304 e. The fourth-order valence-electron chi connectivity index (χ4n) is 2.35. The highest BCUT2D eigenvalue weighted by Gasteiger charge is 2.20. The Morgan fingerprint density at radius 1 is 1.05 bits per heavy atom. The van der Waals surface area contributed by atoms with Gasteiger partial charge in [0.25, 0.3) is 0 Å². The standard InChI is InChI=1S/C16H15NO2S2/c17-9-11(8-16(18)19)10-5-6-14-15(7-10)21-13-4-2-1-3-12(13)20-14/h1-7,11H,8-9,17H2,(H,18,19). The van der Waals surface area contributed by atoms with Gasteiger partial charge >= 0.3 is 5.97 Å². The van der Waals surface area contributed by atoms with Gasteiger partial charge < -0.3 is 10.8 Å². The molecule has 0 saturated carbocycles. The number of aliphatic carboxylic acids is 1. The number of carbonyl (C=O) groups is 1. The molecule has 0 spiro atoms. The van der Waals surface area contributed by atoms with E-state index < -0.39 is 5.97 Å². The fraction of sp³-hybridized carbons (Fsp3) is 0.188. The molecule has 0 aromatic heterocycles. The van der Waals surface area contributed by atoms with Crippen LogP contribution in [0.4, 0.5) is 0 Å². The predicted octanol–water partition coefficient (Wildman–Crippen LogP) is 3.82. The van der Waals surface area contributed by atoms with Crippen LogP contribution in [0.5, 0.6) is 0 Å². The molecule has 0 amide bonds. The smallest absolute Gasteiger partial charge is 0.304 e. The van der Waals surface area contributed by atoms with Crippen LogP contribution in [0.1, 0.15) is 17.9 Å². The number of carboxylic acid groups (broad SMARTS) is 1. The number of hydrogen-bond acceptors (Lipinski definition) is 4. The second kappa shape index (κ2) is 6.13. The molecule has 3 rings (SSSR count). The third-order valence-corrected chi connectivity index (χ3v) is 5.98. The summed E-state index contributed by atoms with van der Waals surface area (Å²) in [4.78, 5) is 15.8. The van der Waals surface area contributed by atoms with E-state index in [2.05, 4.69) is 24.3 Å². The summed E-state index contributed by atoms with van der Waals surface area (Å²) in [5, 5.41) is 8.98. The Labute approximate surface area is 131 Å². The zero-order chi connectivity index (χ0) is 14.8. The molecule has 108 valence electrons. The van der Waals surface area contributed by atoms with E-state index >= 15 is 0 Å². The van der Waals surface area contributed by atoms with Gasteiger partial charge in [-0.2, -0.15) is 0 Å². The number of benzene rings is 2. The van der Waals surface area contributed by atoms with E-state index in [-0.39, 0.29) is 12.3 Å². The van der Waals surface area contributed by atoms with Gasteiger partial charge in [-0.05, 0) is 36.4 Å². The van der Waals surface area contributed by atoms with Crippen LogP contribution in [0, 0.1) is 0 Å². The zero-order valence-corrected chi connectivity index (χ0v) is 12.9. The Balaban J connectivity index is 1.91. The molecule has 0 saturated heterocycles. The van der Waals surface area contributed by atoms with Gasteiger partial charge in [0, 0.05) is 25.5 Å². The van der Waals surface area contributed by atoms with Crippen molar-refractivity contribution in [1.29, 1.82) is 0 Å². The Bertz CT molecular complexity index is 688. The van der Waals surface area contributed by atoms with E-state index in [1.54, 1.807) is 23.5 Å². The largest absolute Gasteiger partial charge is 0.481 e. The Morgan fingerprint density at radius 3 is 2.29 bits per heavy atom. The molecule has 2 aromatic carbocycles. The minimum Gasteiger partial charge on any atom is -0.481 e. The molecule has 5 heteroatoms. The highest BCUT2D eigenvalue weighted by Crippen LogP contribution is 2.48. The van der Waals surface area contributed by atoms with Crippen LogP contribution in [0.2, 0.25) is 0 Å². The lowest BCUT2D eigenvalue weighted by Crippen LogP contribution is -2.16. The van der Waals surface area contributed by atoms with E-state index in [0.29, 0.717) is 6.54 Å². The number of carboxylic acids is 1.